The molecule has 112 valence electrons. The minimum absolute atomic E-state index is 0.366. The Morgan fingerprint density at radius 1 is 1.33 bits per heavy atom. The van der Waals surface area contributed by atoms with Gasteiger partial charge < -0.3 is 9.47 Å². The number of nitrogens with zero attached hydrogens (tertiary/aromatic N) is 4. The number of fused-ring (bicyclic) bond motifs is 1. The molecule has 0 unspecified atom stereocenters. The van der Waals surface area contributed by atoms with Crippen LogP contribution >= 0.6 is 11.6 Å². The lowest BCUT2D eigenvalue weighted by Gasteiger charge is -2.18. The molecule has 0 saturated heterocycles. The molecule has 0 radical (unpaired) electrons. The maximum absolute atomic E-state index is 9.18. The minimum atomic E-state index is 0.366. The summed E-state index contributed by atoms with van der Waals surface area (Å²) >= 11 is 6.02. The third-order valence-electron chi connectivity index (χ3n) is 3.85. The Hall–Kier alpha value is -1.57. The molecule has 4 nitrogen and oxygen atoms in total. The molecule has 2 aromatic rings. The van der Waals surface area contributed by atoms with Crippen LogP contribution in [-0.2, 0) is 12.4 Å². The van der Waals surface area contributed by atoms with Crippen LogP contribution in [0.25, 0.3) is 11.0 Å². The standard InChI is InChI=1S/C16H21ClN4/c1-3-20(4-2)9-6-10-21-14-8-5-7-13(12-18)16(14)19-15(21)11-17/h5,7-8H,3-4,6,9-11H2,1-2H3. The number of hydrogen-bond acceptors (Lipinski definition) is 3. The SMILES string of the molecule is CCN(CC)CCCn1c(CCl)nc2c(C#N)cccc21. The van der Waals surface area contributed by atoms with Crippen LogP contribution < -0.4 is 0 Å². The average molecular weight is 305 g/mol. The molecule has 1 aromatic heterocycles. The summed E-state index contributed by atoms with van der Waals surface area (Å²) in [4.78, 5) is 6.94. The zero-order valence-electron chi connectivity index (χ0n) is 12.6. The number of halogens is 1. The van der Waals surface area contributed by atoms with Crippen molar-refractivity contribution in [3.63, 3.8) is 0 Å². The molecule has 0 fully saturated rings. The van der Waals surface area contributed by atoms with Gasteiger partial charge in [-0.05, 0) is 38.2 Å². The van der Waals surface area contributed by atoms with Crippen molar-refractivity contribution < 1.29 is 0 Å². The molecule has 0 amide bonds. The first-order valence-corrected chi connectivity index (χ1v) is 7.95. The number of nitriles is 1. The molecule has 5 heteroatoms. The maximum Gasteiger partial charge on any atom is 0.124 e. The van der Waals surface area contributed by atoms with Crippen molar-refractivity contribution in [1.82, 2.24) is 14.5 Å². The third-order valence-corrected chi connectivity index (χ3v) is 4.09. The largest absolute Gasteiger partial charge is 0.327 e. The second-order valence-electron chi connectivity index (χ2n) is 4.98. The lowest BCUT2D eigenvalue weighted by molar-refractivity contribution is 0.293. The highest BCUT2D eigenvalue weighted by Crippen LogP contribution is 2.21. The summed E-state index contributed by atoms with van der Waals surface area (Å²) in [7, 11) is 0. The molecule has 1 aromatic carbocycles. The zero-order valence-corrected chi connectivity index (χ0v) is 13.4. The number of imidazole rings is 1. The van der Waals surface area contributed by atoms with Gasteiger partial charge in [0.05, 0.1) is 17.0 Å². The zero-order chi connectivity index (χ0) is 15.2. The van der Waals surface area contributed by atoms with E-state index < -0.39 is 0 Å². The molecule has 0 saturated carbocycles. The number of hydrogen-bond donors (Lipinski definition) is 0. The Morgan fingerprint density at radius 3 is 2.71 bits per heavy atom. The predicted molar refractivity (Wildman–Crippen MR) is 86.4 cm³/mol. The summed E-state index contributed by atoms with van der Waals surface area (Å²) in [6.07, 6.45) is 1.05. The molecule has 0 aliphatic rings. The van der Waals surface area contributed by atoms with Crippen LogP contribution in [0, 0.1) is 11.3 Å². The highest BCUT2D eigenvalue weighted by atomic mass is 35.5. The van der Waals surface area contributed by atoms with E-state index in [0.29, 0.717) is 11.4 Å². The van der Waals surface area contributed by atoms with Crippen molar-refractivity contribution in [3.05, 3.63) is 29.6 Å². The smallest absolute Gasteiger partial charge is 0.124 e. The number of rotatable bonds is 7. The normalized spacial score (nSPS) is 11.2. The molecule has 0 atom stereocenters. The number of aromatic nitrogens is 2. The molecule has 2 rings (SSSR count). The number of para-hydroxylation sites is 1. The van der Waals surface area contributed by atoms with E-state index >= 15 is 0 Å². The number of alkyl halides is 1. The van der Waals surface area contributed by atoms with E-state index in [1.165, 1.54) is 0 Å². The summed E-state index contributed by atoms with van der Waals surface area (Å²) in [5.74, 6) is 1.21. The molecule has 0 aliphatic heterocycles. The van der Waals surface area contributed by atoms with Gasteiger partial charge in [0.25, 0.3) is 0 Å². The van der Waals surface area contributed by atoms with Crippen LogP contribution in [0.1, 0.15) is 31.7 Å². The molecule has 0 aliphatic carbocycles. The Balaban J connectivity index is 2.24. The van der Waals surface area contributed by atoms with Gasteiger partial charge in [-0.1, -0.05) is 19.9 Å². The Kier molecular flexibility index (Phi) is 5.60. The second kappa shape index (κ2) is 7.44. The number of benzene rings is 1. The first kappa shape index (κ1) is 15.8. The molecule has 0 N–H and O–H groups in total. The Morgan fingerprint density at radius 2 is 2.10 bits per heavy atom. The topological polar surface area (TPSA) is 44.9 Å². The fourth-order valence-electron chi connectivity index (χ4n) is 2.63. The van der Waals surface area contributed by atoms with Gasteiger partial charge in [0, 0.05) is 6.54 Å². The van der Waals surface area contributed by atoms with Crippen molar-refractivity contribution in [2.24, 2.45) is 0 Å². The van der Waals surface area contributed by atoms with Crippen molar-refractivity contribution in [2.45, 2.75) is 32.7 Å². The quantitative estimate of drug-likeness (QED) is 0.737. The third kappa shape index (κ3) is 3.37. The highest BCUT2D eigenvalue weighted by Gasteiger charge is 2.12. The summed E-state index contributed by atoms with van der Waals surface area (Å²) in [5.41, 5.74) is 2.38. The van der Waals surface area contributed by atoms with Crippen LogP contribution in [0.15, 0.2) is 18.2 Å². The first-order chi connectivity index (χ1) is 10.2. The van der Waals surface area contributed by atoms with E-state index in [1.807, 2.05) is 12.1 Å². The van der Waals surface area contributed by atoms with E-state index in [-0.39, 0.29) is 0 Å². The molecule has 21 heavy (non-hydrogen) atoms. The number of aryl methyl sites for hydroxylation is 1. The van der Waals surface area contributed by atoms with Gasteiger partial charge in [0.2, 0.25) is 0 Å². The van der Waals surface area contributed by atoms with Gasteiger partial charge in [0.1, 0.15) is 17.4 Å². The molecule has 0 bridgehead atoms. The monoisotopic (exact) mass is 304 g/mol. The van der Waals surface area contributed by atoms with E-state index in [4.69, 9.17) is 11.6 Å². The van der Waals surface area contributed by atoms with Gasteiger partial charge in [-0.25, -0.2) is 4.98 Å². The fraction of sp³-hybridized carbons (Fsp3) is 0.500. The van der Waals surface area contributed by atoms with E-state index in [2.05, 4.69) is 34.4 Å². The molecular formula is C16H21ClN4. The van der Waals surface area contributed by atoms with Gasteiger partial charge in [-0.3, -0.25) is 0 Å². The Labute approximate surface area is 130 Å². The summed E-state index contributed by atoms with van der Waals surface area (Å²) in [5, 5.41) is 9.18. The summed E-state index contributed by atoms with van der Waals surface area (Å²) in [6.45, 7) is 8.44. The fourth-order valence-corrected chi connectivity index (χ4v) is 2.83. The Bertz CT molecular complexity index is 637. The first-order valence-electron chi connectivity index (χ1n) is 7.41. The van der Waals surface area contributed by atoms with E-state index in [9.17, 15) is 5.26 Å². The van der Waals surface area contributed by atoms with Gasteiger partial charge in [-0.2, -0.15) is 5.26 Å². The minimum Gasteiger partial charge on any atom is -0.327 e. The summed E-state index contributed by atoms with van der Waals surface area (Å²) < 4.78 is 2.15. The molecule has 1 heterocycles. The van der Waals surface area contributed by atoms with Crippen molar-refractivity contribution in [3.8, 4) is 6.07 Å². The lowest BCUT2D eigenvalue weighted by atomic mass is 10.2. The van der Waals surface area contributed by atoms with Gasteiger partial charge in [-0.15, -0.1) is 11.6 Å². The van der Waals surface area contributed by atoms with E-state index in [1.54, 1.807) is 6.07 Å². The second-order valence-corrected chi connectivity index (χ2v) is 5.25. The van der Waals surface area contributed by atoms with Crippen LogP contribution in [0.2, 0.25) is 0 Å². The van der Waals surface area contributed by atoms with Crippen LogP contribution in [-0.4, -0.2) is 34.1 Å². The summed E-state index contributed by atoms with van der Waals surface area (Å²) in [6, 6.07) is 7.91. The van der Waals surface area contributed by atoms with Crippen LogP contribution in [0.4, 0.5) is 0 Å². The predicted octanol–water partition coefficient (Wildman–Crippen LogP) is 3.38. The molecular weight excluding hydrogens is 284 g/mol. The van der Waals surface area contributed by atoms with Crippen LogP contribution in [0.3, 0.4) is 0 Å². The van der Waals surface area contributed by atoms with Crippen molar-refractivity contribution >= 4 is 22.6 Å². The molecule has 0 spiro atoms. The van der Waals surface area contributed by atoms with Crippen LogP contribution in [0.5, 0.6) is 0 Å². The van der Waals surface area contributed by atoms with E-state index in [0.717, 1.165) is 49.5 Å². The average Bonchev–Trinajstić information content (AvgIpc) is 2.89. The van der Waals surface area contributed by atoms with Crippen molar-refractivity contribution in [2.75, 3.05) is 19.6 Å². The maximum atomic E-state index is 9.18. The highest BCUT2D eigenvalue weighted by molar-refractivity contribution is 6.16. The lowest BCUT2D eigenvalue weighted by Crippen LogP contribution is -2.25. The van der Waals surface area contributed by atoms with Gasteiger partial charge in [0.15, 0.2) is 0 Å². The van der Waals surface area contributed by atoms with Gasteiger partial charge >= 0.3 is 0 Å². The van der Waals surface area contributed by atoms with Crippen molar-refractivity contribution in [1.29, 1.82) is 5.26 Å².